The molecule has 0 bridgehead atoms. The van der Waals surface area contributed by atoms with E-state index in [0.717, 1.165) is 24.3 Å². The van der Waals surface area contributed by atoms with Gasteiger partial charge < -0.3 is 10.0 Å². The van der Waals surface area contributed by atoms with E-state index in [4.69, 9.17) is 16.7 Å². The largest absolute Gasteiger partial charge is 0.396 e. The monoisotopic (exact) mass is 255 g/mol. The number of nitrogens with zero attached hydrogens (tertiary/aromatic N) is 3. The Bertz CT molecular complexity index is 382. The van der Waals surface area contributed by atoms with Gasteiger partial charge in [-0.05, 0) is 44.2 Å². The topological polar surface area (TPSA) is 49.2 Å². The molecule has 0 radical (unpaired) electrons. The van der Waals surface area contributed by atoms with Crippen molar-refractivity contribution in [3.8, 4) is 0 Å². The predicted octanol–water partition coefficient (Wildman–Crippen LogP) is 2.18. The molecule has 0 saturated heterocycles. The van der Waals surface area contributed by atoms with Crippen molar-refractivity contribution in [3.05, 3.63) is 17.0 Å². The van der Waals surface area contributed by atoms with Gasteiger partial charge >= 0.3 is 0 Å². The minimum Gasteiger partial charge on any atom is -0.396 e. The molecule has 17 heavy (non-hydrogen) atoms. The van der Waals surface area contributed by atoms with E-state index in [1.807, 2.05) is 6.92 Å². The lowest BCUT2D eigenvalue weighted by molar-refractivity contribution is 0.282. The molecule has 0 aromatic carbocycles. The molecule has 0 atom stereocenters. The standard InChI is InChI=1S/C12H18ClN3O/c1-9-8-14-12(13)15-11(9)16(6-3-7-17)10-4-2-5-10/h8,10,17H,2-7H2,1H3. The summed E-state index contributed by atoms with van der Waals surface area (Å²) in [5, 5.41) is 9.26. The van der Waals surface area contributed by atoms with Crippen LogP contribution in [0.2, 0.25) is 5.28 Å². The number of aryl methyl sites for hydroxylation is 1. The number of anilines is 1. The Morgan fingerprint density at radius 3 is 2.88 bits per heavy atom. The van der Waals surface area contributed by atoms with E-state index >= 15 is 0 Å². The molecule has 1 fully saturated rings. The molecular weight excluding hydrogens is 238 g/mol. The molecule has 1 saturated carbocycles. The molecule has 94 valence electrons. The smallest absolute Gasteiger partial charge is 0.224 e. The highest BCUT2D eigenvalue weighted by atomic mass is 35.5. The zero-order chi connectivity index (χ0) is 12.3. The van der Waals surface area contributed by atoms with E-state index in [9.17, 15) is 0 Å². The fourth-order valence-corrected chi connectivity index (χ4v) is 2.23. The van der Waals surface area contributed by atoms with Crippen molar-refractivity contribution in [3.63, 3.8) is 0 Å². The second-order valence-corrected chi connectivity index (χ2v) is 4.84. The third-order valence-corrected chi connectivity index (χ3v) is 3.44. The van der Waals surface area contributed by atoms with Gasteiger partial charge in [-0.15, -0.1) is 0 Å². The summed E-state index contributed by atoms with van der Waals surface area (Å²) >= 11 is 5.86. The Hall–Kier alpha value is -0.870. The van der Waals surface area contributed by atoms with Crippen molar-refractivity contribution in [1.29, 1.82) is 0 Å². The first kappa shape index (κ1) is 12.6. The SMILES string of the molecule is Cc1cnc(Cl)nc1N(CCCO)C1CCC1. The summed E-state index contributed by atoms with van der Waals surface area (Å²) in [6.45, 7) is 3.03. The van der Waals surface area contributed by atoms with Crippen LogP contribution < -0.4 is 4.90 Å². The zero-order valence-corrected chi connectivity index (χ0v) is 10.8. The first-order valence-electron chi connectivity index (χ1n) is 6.09. The van der Waals surface area contributed by atoms with Crippen LogP contribution in [0.15, 0.2) is 6.20 Å². The Morgan fingerprint density at radius 2 is 2.29 bits per heavy atom. The normalized spacial score (nSPS) is 15.7. The van der Waals surface area contributed by atoms with Crippen LogP contribution >= 0.6 is 11.6 Å². The highest BCUT2D eigenvalue weighted by Crippen LogP contribution is 2.30. The maximum atomic E-state index is 8.97. The fraction of sp³-hybridized carbons (Fsp3) is 0.667. The van der Waals surface area contributed by atoms with Gasteiger partial charge in [-0.25, -0.2) is 9.97 Å². The predicted molar refractivity (Wildman–Crippen MR) is 68.5 cm³/mol. The summed E-state index contributed by atoms with van der Waals surface area (Å²) in [5.74, 6) is 0.920. The van der Waals surface area contributed by atoms with Crippen LogP contribution in [0, 0.1) is 6.92 Å². The van der Waals surface area contributed by atoms with Gasteiger partial charge in [0.15, 0.2) is 0 Å². The second-order valence-electron chi connectivity index (χ2n) is 4.50. The highest BCUT2D eigenvalue weighted by Gasteiger charge is 2.26. The summed E-state index contributed by atoms with van der Waals surface area (Å²) < 4.78 is 0. The van der Waals surface area contributed by atoms with Gasteiger partial charge in [0.05, 0.1) is 0 Å². The van der Waals surface area contributed by atoms with Crippen LogP contribution in [0.5, 0.6) is 0 Å². The van der Waals surface area contributed by atoms with Crippen LogP contribution in [0.1, 0.15) is 31.2 Å². The van der Waals surface area contributed by atoms with Crippen LogP contribution in [0.3, 0.4) is 0 Å². The first-order chi connectivity index (χ1) is 8.22. The van der Waals surface area contributed by atoms with Crippen LogP contribution in [0.25, 0.3) is 0 Å². The Balaban J connectivity index is 2.20. The second kappa shape index (κ2) is 5.65. The Kier molecular flexibility index (Phi) is 4.18. The van der Waals surface area contributed by atoms with Crippen LogP contribution in [0.4, 0.5) is 5.82 Å². The summed E-state index contributed by atoms with van der Waals surface area (Å²) in [5.41, 5.74) is 1.04. The van der Waals surface area contributed by atoms with E-state index < -0.39 is 0 Å². The van der Waals surface area contributed by atoms with E-state index in [-0.39, 0.29) is 6.61 Å². The van der Waals surface area contributed by atoms with Gasteiger partial charge in [0.1, 0.15) is 5.82 Å². The minimum atomic E-state index is 0.209. The third-order valence-electron chi connectivity index (χ3n) is 3.26. The number of hydrogen-bond donors (Lipinski definition) is 1. The molecule has 2 rings (SSSR count). The number of hydrogen-bond acceptors (Lipinski definition) is 4. The quantitative estimate of drug-likeness (QED) is 0.820. The molecule has 1 aromatic heterocycles. The van der Waals surface area contributed by atoms with Crippen molar-refractivity contribution < 1.29 is 5.11 Å². The molecule has 1 heterocycles. The van der Waals surface area contributed by atoms with Crippen molar-refractivity contribution >= 4 is 17.4 Å². The molecule has 1 N–H and O–H groups in total. The number of aliphatic hydroxyl groups is 1. The molecule has 1 aliphatic rings. The molecule has 1 aromatic rings. The maximum Gasteiger partial charge on any atom is 0.224 e. The summed E-state index contributed by atoms with van der Waals surface area (Å²) in [7, 11) is 0. The lowest BCUT2D eigenvalue weighted by atomic mass is 9.91. The van der Waals surface area contributed by atoms with Crippen LogP contribution in [-0.4, -0.2) is 34.3 Å². The molecule has 0 spiro atoms. The lowest BCUT2D eigenvalue weighted by Crippen LogP contribution is -2.42. The zero-order valence-electron chi connectivity index (χ0n) is 10.1. The van der Waals surface area contributed by atoms with Crippen LogP contribution in [-0.2, 0) is 0 Å². The Morgan fingerprint density at radius 1 is 1.53 bits per heavy atom. The van der Waals surface area contributed by atoms with Gasteiger partial charge in [0.2, 0.25) is 5.28 Å². The first-order valence-corrected chi connectivity index (χ1v) is 6.47. The summed E-state index contributed by atoms with van der Waals surface area (Å²) in [6, 6.07) is 0.547. The molecule has 0 unspecified atom stereocenters. The number of aliphatic hydroxyl groups excluding tert-OH is 1. The molecular formula is C12H18ClN3O. The minimum absolute atomic E-state index is 0.209. The Labute approximate surface area is 107 Å². The number of aromatic nitrogens is 2. The van der Waals surface area contributed by atoms with Crippen molar-refractivity contribution in [2.45, 2.75) is 38.6 Å². The molecule has 1 aliphatic carbocycles. The third kappa shape index (κ3) is 2.87. The number of rotatable bonds is 5. The molecule has 4 nitrogen and oxygen atoms in total. The van der Waals surface area contributed by atoms with Gasteiger partial charge in [-0.2, -0.15) is 0 Å². The van der Waals surface area contributed by atoms with Gasteiger partial charge in [0, 0.05) is 31.0 Å². The average molecular weight is 256 g/mol. The average Bonchev–Trinajstić information content (AvgIpc) is 2.25. The summed E-state index contributed by atoms with van der Waals surface area (Å²) in [4.78, 5) is 10.6. The summed E-state index contributed by atoms with van der Waals surface area (Å²) in [6.07, 6.45) is 6.20. The maximum absolute atomic E-state index is 8.97. The van der Waals surface area contributed by atoms with Gasteiger partial charge in [-0.1, -0.05) is 0 Å². The van der Waals surface area contributed by atoms with Crippen molar-refractivity contribution in [2.24, 2.45) is 0 Å². The van der Waals surface area contributed by atoms with E-state index in [0.29, 0.717) is 11.3 Å². The highest BCUT2D eigenvalue weighted by molar-refractivity contribution is 6.28. The molecule has 0 aliphatic heterocycles. The van der Waals surface area contributed by atoms with Gasteiger partial charge in [-0.3, -0.25) is 0 Å². The fourth-order valence-electron chi connectivity index (χ4n) is 2.10. The number of halogens is 1. The van der Waals surface area contributed by atoms with E-state index in [1.54, 1.807) is 6.20 Å². The van der Waals surface area contributed by atoms with Gasteiger partial charge in [0.25, 0.3) is 0 Å². The van der Waals surface area contributed by atoms with Crippen molar-refractivity contribution in [2.75, 3.05) is 18.1 Å². The van der Waals surface area contributed by atoms with E-state index in [1.165, 1.54) is 19.3 Å². The van der Waals surface area contributed by atoms with Crippen molar-refractivity contribution in [1.82, 2.24) is 9.97 Å². The van der Waals surface area contributed by atoms with E-state index in [2.05, 4.69) is 14.9 Å². The molecule has 5 heteroatoms. The lowest BCUT2D eigenvalue weighted by Gasteiger charge is -2.39. The molecule has 0 amide bonds.